The van der Waals surface area contributed by atoms with Gasteiger partial charge in [0.15, 0.2) is 0 Å². The summed E-state index contributed by atoms with van der Waals surface area (Å²) in [5, 5.41) is 15.7. The first-order valence-electron chi connectivity index (χ1n) is 6.16. The Bertz CT molecular complexity index is 806. The van der Waals surface area contributed by atoms with Crippen molar-refractivity contribution >= 4 is 10.8 Å². The van der Waals surface area contributed by atoms with Gasteiger partial charge in [0.05, 0.1) is 23.0 Å². The van der Waals surface area contributed by atoms with E-state index in [1.54, 1.807) is 0 Å². The molecule has 0 atom stereocenters. The van der Waals surface area contributed by atoms with Crippen LogP contribution in [0.2, 0.25) is 0 Å². The van der Waals surface area contributed by atoms with Crippen LogP contribution >= 0.6 is 0 Å². The number of rotatable bonds is 1. The van der Waals surface area contributed by atoms with Crippen molar-refractivity contribution in [3.8, 4) is 11.8 Å². The van der Waals surface area contributed by atoms with Crippen molar-refractivity contribution in [1.82, 2.24) is 9.78 Å². The van der Waals surface area contributed by atoms with Gasteiger partial charge >= 0.3 is 0 Å². The summed E-state index contributed by atoms with van der Waals surface area (Å²) < 4.78 is 1.93. The molecule has 0 bridgehead atoms. The zero-order valence-electron chi connectivity index (χ0n) is 10.9. The molecule has 92 valence electrons. The van der Waals surface area contributed by atoms with Gasteiger partial charge in [-0.25, -0.2) is 4.68 Å². The van der Waals surface area contributed by atoms with E-state index in [0.29, 0.717) is 5.56 Å². The third kappa shape index (κ3) is 1.78. The largest absolute Gasteiger partial charge is 0.237 e. The van der Waals surface area contributed by atoms with Crippen LogP contribution in [0.15, 0.2) is 42.5 Å². The normalized spacial score (nSPS) is 10.6. The van der Waals surface area contributed by atoms with Gasteiger partial charge in [-0.1, -0.05) is 24.3 Å². The molecule has 0 unspecified atom stereocenters. The first-order chi connectivity index (χ1) is 9.20. The summed E-state index contributed by atoms with van der Waals surface area (Å²) in [6, 6.07) is 16.0. The predicted molar refractivity (Wildman–Crippen MR) is 75.3 cm³/mol. The van der Waals surface area contributed by atoms with E-state index < -0.39 is 0 Å². The predicted octanol–water partition coefficient (Wildman–Crippen LogP) is 3.51. The fourth-order valence-electron chi connectivity index (χ4n) is 2.44. The summed E-state index contributed by atoms with van der Waals surface area (Å²) in [5.41, 5.74) is 3.79. The monoisotopic (exact) mass is 247 g/mol. The number of hydrogen-bond donors (Lipinski definition) is 0. The molecule has 2 aromatic carbocycles. The molecule has 3 nitrogen and oxygen atoms in total. The number of benzene rings is 2. The van der Waals surface area contributed by atoms with Gasteiger partial charge in [0.1, 0.15) is 0 Å². The van der Waals surface area contributed by atoms with Crippen molar-refractivity contribution in [1.29, 1.82) is 5.26 Å². The maximum atomic E-state index is 9.18. The summed E-state index contributed by atoms with van der Waals surface area (Å²) >= 11 is 0. The lowest BCUT2D eigenvalue weighted by Crippen LogP contribution is -2.00. The molecule has 0 fully saturated rings. The van der Waals surface area contributed by atoms with Gasteiger partial charge in [0.2, 0.25) is 0 Å². The summed E-state index contributed by atoms with van der Waals surface area (Å²) in [6.45, 7) is 4.02. The smallest absolute Gasteiger partial charge is 0.0998 e. The van der Waals surface area contributed by atoms with E-state index in [0.717, 1.165) is 27.8 Å². The van der Waals surface area contributed by atoms with Crippen molar-refractivity contribution in [3.63, 3.8) is 0 Å². The molecule has 3 rings (SSSR count). The molecule has 3 aromatic rings. The Morgan fingerprint density at radius 3 is 2.42 bits per heavy atom. The second kappa shape index (κ2) is 4.25. The minimum atomic E-state index is 0.695. The Morgan fingerprint density at radius 2 is 1.79 bits per heavy atom. The Morgan fingerprint density at radius 1 is 1.05 bits per heavy atom. The lowest BCUT2D eigenvalue weighted by Gasteiger charge is -2.09. The van der Waals surface area contributed by atoms with Crippen LogP contribution in [0.3, 0.4) is 0 Å². The zero-order chi connectivity index (χ0) is 13.4. The standard InChI is InChI=1S/C16H13N3/c1-11-9-12(2)19(18-11)16-8-7-13(10-17)14-5-3-4-6-15(14)16/h3-9H,1-2H3. The highest BCUT2D eigenvalue weighted by Crippen LogP contribution is 2.26. The van der Waals surface area contributed by atoms with Crippen LogP contribution in [0, 0.1) is 25.2 Å². The topological polar surface area (TPSA) is 41.6 Å². The minimum absolute atomic E-state index is 0.695. The van der Waals surface area contributed by atoms with E-state index in [-0.39, 0.29) is 0 Å². The zero-order valence-corrected chi connectivity index (χ0v) is 10.9. The van der Waals surface area contributed by atoms with Crippen LogP contribution in [0.4, 0.5) is 0 Å². The van der Waals surface area contributed by atoms with Crippen LogP contribution < -0.4 is 0 Å². The van der Waals surface area contributed by atoms with Gasteiger partial charge in [-0.3, -0.25) is 0 Å². The molecule has 0 aliphatic rings. The SMILES string of the molecule is Cc1cc(C)n(-c2ccc(C#N)c3ccccc23)n1. The van der Waals surface area contributed by atoms with E-state index >= 15 is 0 Å². The van der Waals surface area contributed by atoms with E-state index in [9.17, 15) is 5.26 Å². The third-order valence-corrected chi connectivity index (χ3v) is 3.26. The van der Waals surface area contributed by atoms with Crippen molar-refractivity contribution in [2.45, 2.75) is 13.8 Å². The van der Waals surface area contributed by atoms with E-state index in [2.05, 4.69) is 11.2 Å². The van der Waals surface area contributed by atoms with E-state index in [1.165, 1.54) is 0 Å². The molecule has 1 aromatic heterocycles. The second-order valence-electron chi connectivity index (χ2n) is 4.63. The molecule has 0 saturated heterocycles. The molecule has 1 heterocycles. The summed E-state index contributed by atoms with van der Waals surface area (Å²) in [4.78, 5) is 0. The maximum absolute atomic E-state index is 9.18. The Labute approximate surface area is 111 Å². The number of fused-ring (bicyclic) bond motifs is 1. The van der Waals surface area contributed by atoms with Gasteiger partial charge in [0.25, 0.3) is 0 Å². The van der Waals surface area contributed by atoms with Gasteiger partial charge in [-0.2, -0.15) is 10.4 Å². The van der Waals surface area contributed by atoms with E-state index in [4.69, 9.17) is 0 Å². The van der Waals surface area contributed by atoms with Crippen LogP contribution in [0.1, 0.15) is 17.0 Å². The van der Waals surface area contributed by atoms with Gasteiger partial charge in [-0.15, -0.1) is 0 Å². The highest BCUT2D eigenvalue weighted by Gasteiger charge is 2.09. The van der Waals surface area contributed by atoms with Gasteiger partial charge in [-0.05, 0) is 32.0 Å². The number of nitriles is 1. The molecule has 19 heavy (non-hydrogen) atoms. The summed E-state index contributed by atoms with van der Waals surface area (Å²) in [5.74, 6) is 0. The first-order valence-corrected chi connectivity index (χ1v) is 6.16. The average Bonchev–Trinajstić information content (AvgIpc) is 2.76. The molecule has 0 saturated carbocycles. The Hall–Kier alpha value is -2.60. The molecule has 0 spiro atoms. The minimum Gasteiger partial charge on any atom is -0.237 e. The number of hydrogen-bond acceptors (Lipinski definition) is 2. The number of aryl methyl sites for hydroxylation is 2. The van der Waals surface area contributed by atoms with Crippen LogP contribution in [0.5, 0.6) is 0 Å². The quantitative estimate of drug-likeness (QED) is 0.660. The molecule has 0 amide bonds. The lowest BCUT2D eigenvalue weighted by atomic mass is 10.0. The van der Waals surface area contributed by atoms with Crippen LogP contribution in [0.25, 0.3) is 16.5 Å². The van der Waals surface area contributed by atoms with Gasteiger partial charge < -0.3 is 0 Å². The highest BCUT2D eigenvalue weighted by molar-refractivity contribution is 5.94. The number of nitrogens with zero attached hydrogens (tertiary/aromatic N) is 3. The van der Waals surface area contributed by atoms with Crippen LogP contribution in [-0.4, -0.2) is 9.78 Å². The second-order valence-corrected chi connectivity index (χ2v) is 4.63. The maximum Gasteiger partial charge on any atom is 0.0998 e. The Balaban J connectivity index is 2.38. The van der Waals surface area contributed by atoms with E-state index in [1.807, 2.05) is 61.0 Å². The molecular formula is C16H13N3. The van der Waals surface area contributed by atoms with Crippen molar-refractivity contribution in [2.75, 3.05) is 0 Å². The highest BCUT2D eigenvalue weighted by atomic mass is 15.3. The molecule has 0 N–H and O–H groups in total. The van der Waals surface area contributed by atoms with Crippen molar-refractivity contribution in [2.24, 2.45) is 0 Å². The molecule has 3 heteroatoms. The first kappa shape index (κ1) is 11.5. The van der Waals surface area contributed by atoms with Gasteiger partial charge in [0, 0.05) is 16.5 Å². The van der Waals surface area contributed by atoms with Crippen molar-refractivity contribution < 1.29 is 0 Å². The molecule has 0 aliphatic heterocycles. The average molecular weight is 247 g/mol. The number of aromatic nitrogens is 2. The fourth-order valence-corrected chi connectivity index (χ4v) is 2.44. The third-order valence-electron chi connectivity index (χ3n) is 3.26. The van der Waals surface area contributed by atoms with Crippen LogP contribution in [-0.2, 0) is 0 Å². The van der Waals surface area contributed by atoms with Crippen molar-refractivity contribution in [3.05, 3.63) is 59.4 Å². The molecule has 0 radical (unpaired) electrons. The lowest BCUT2D eigenvalue weighted by molar-refractivity contribution is 0.839. The summed E-state index contributed by atoms with van der Waals surface area (Å²) in [7, 11) is 0. The Kier molecular flexibility index (Phi) is 2.57. The summed E-state index contributed by atoms with van der Waals surface area (Å²) in [6.07, 6.45) is 0. The molecule has 0 aliphatic carbocycles. The fraction of sp³-hybridized carbons (Fsp3) is 0.125. The molecular weight excluding hydrogens is 234 g/mol.